The second-order valence-corrected chi connectivity index (χ2v) is 8.49. The monoisotopic (exact) mass is 431 g/mol. The molecule has 0 spiro atoms. The zero-order chi connectivity index (χ0) is 22.6. The van der Waals surface area contributed by atoms with Crippen molar-refractivity contribution in [1.29, 1.82) is 5.26 Å². The number of benzene rings is 5. The summed E-state index contributed by atoms with van der Waals surface area (Å²) in [6, 6.07) is 35.3. The highest BCUT2D eigenvalue weighted by Gasteiger charge is 2.19. The van der Waals surface area contributed by atoms with E-state index >= 15 is 0 Å². The Hall–Kier alpha value is -4.81. The summed E-state index contributed by atoms with van der Waals surface area (Å²) in [6.45, 7) is 0. The van der Waals surface area contributed by atoms with Crippen molar-refractivity contribution in [2.75, 3.05) is 0 Å². The highest BCUT2D eigenvalue weighted by atomic mass is 14.7. The lowest BCUT2D eigenvalue weighted by atomic mass is 9.90. The maximum Gasteiger partial charge on any atom is 0.0998 e. The van der Waals surface area contributed by atoms with Crippen LogP contribution < -0.4 is 0 Å². The molecule has 0 aliphatic heterocycles. The molecule has 0 aliphatic rings. The zero-order valence-electron chi connectivity index (χ0n) is 18.2. The van der Waals surface area contributed by atoms with Gasteiger partial charge in [0.2, 0.25) is 0 Å². The molecule has 0 atom stereocenters. The molecule has 3 heteroatoms. The number of rotatable bonds is 1. The van der Waals surface area contributed by atoms with Crippen molar-refractivity contribution in [3.8, 4) is 17.3 Å². The van der Waals surface area contributed by atoms with E-state index in [1.165, 1.54) is 10.8 Å². The van der Waals surface area contributed by atoms with E-state index in [2.05, 4.69) is 60.7 Å². The average molecular weight is 431 g/mol. The molecule has 5 aromatic carbocycles. The topological polar surface area (TPSA) is 49.6 Å². The quantitative estimate of drug-likeness (QED) is 0.249. The second kappa shape index (κ2) is 7.10. The lowest BCUT2D eigenvalue weighted by molar-refractivity contribution is 1.42. The first kappa shape index (κ1) is 18.7. The first-order chi connectivity index (χ1) is 16.8. The van der Waals surface area contributed by atoms with Gasteiger partial charge >= 0.3 is 0 Å². The smallest absolute Gasteiger partial charge is 0.0998 e. The number of nitrogens with zero attached hydrogens (tertiary/aromatic N) is 3. The summed E-state index contributed by atoms with van der Waals surface area (Å²) in [5.74, 6) is 0. The van der Waals surface area contributed by atoms with Crippen LogP contribution in [0, 0.1) is 11.3 Å². The van der Waals surface area contributed by atoms with Crippen molar-refractivity contribution in [2.24, 2.45) is 0 Å². The number of hydrogen-bond acceptors (Lipinski definition) is 3. The van der Waals surface area contributed by atoms with Crippen LogP contribution in [-0.2, 0) is 0 Å². The van der Waals surface area contributed by atoms with Crippen molar-refractivity contribution < 1.29 is 0 Å². The van der Waals surface area contributed by atoms with Gasteiger partial charge in [0.05, 0.1) is 28.4 Å². The van der Waals surface area contributed by atoms with E-state index in [1.54, 1.807) is 0 Å². The third kappa shape index (κ3) is 2.51. The molecule has 156 valence electrons. The second-order valence-electron chi connectivity index (χ2n) is 8.49. The van der Waals surface area contributed by atoms with Gasteiger partial charge in [-0.05, 0) is 29.0 Å². The fraction of sp³-hybridized carbons (Fsp3) is 0. The molecule has 0 aliphatic carbocycles. The minimum atomic E-state index is 0.668. The van der Waals surface area contributed by atoms with Gasteiger partial charge in [0, 0.05) is 44.1 Å². The molecule has 34 heavy (non-hydrogen) atoms. The fourth-order valence-corrected chi connectivity index (χ4v) is 5.28. The highest BCUT2D eigenvalue weighted by Crippen LogP contribution is 2.43. The van der Waals surface area contributed by atoms with Crippen molar-refractivity contribution >= 4 is 54.1 Å². The normalized spacial score (nSPS) is 11.5. The summed E-state index contributed by atoms with van der Waals surface area (Å²) < 4.78 is 0. The van der Waals surface area contributed by atoms with Crippen molar-refractivity contribution in [1.82, 2.24) is 9.97 Å². The number of hydrogen-bond donors (Lipinski definition) is 0. The maximum absolute atomic E-state index is 9.70. The summed E-state index contributed by atoms with van der Waals surface area (Å²) in [5, 5.41) is 18.4. The van der Waals surface area contributed by atoms with Gasteiger partial charge in [-0.25, -0.2) is 4.98 Å². The van der Waals surface area contributed by atoms with Gasteiger partial charge in [-0.3, -0.25) is 4.98 Å². The molecule has 0 amide bonds. The predicted molar refractivity (Wildman–Crippen MR) is 140 cm³/mol. The maximum atomic E-state index is 9.70. The minimum absolute atomic E-state index is 0.668. The highest BCUT2D eigenvalue weighted by molar-refractivity contribution is 6.33. The third-order valence-corrected chi connectivity index (χ3v) is 6.72. The lowest BCUT2D eigenvalue weighted by Crippen LogP contribution is -1.95. The van der Waals surface area contributed by atoms with E-state index < -0.39 is 0 Å². The molecule has 0 bridgehead atoms. The number of para-hydroxylation sites is 1. The summed E-state index contributed by atoms with van der Waals surface area (Å²) in [4.78, 5) is 10.0. The summed E-state index contributed by atoms with van der Waals surface area (Å²) in [5.41, 5.74) is 4.53. The molecule has 0 saturated carbocycles. The van der Waals surface area contributed by atoms with Crippen LogP contribution in [0.2, 0.25) is 0 Å². The van der Waals surface area contributed by atoms with Crippen LogP contribution in [0.1, 0.15) is 5.56 Å². The Bertz CT molecular complexity index is 1980. The van der Waals surface area contributed by atoms with E-state index in [-0.39, 0.29) is 0 Å². The predicted octanol–water partition coefficient (Wildman–Crippen LogP) is 7.78. The van der Waals surface area contributed by atoms with Crippen LogP contribution in [0.25, 0.3) is 65.4 Å². The van der Waals surface area contributed by atoms with Crippen LogP contribution in [0.15, 0.2) is 103 Å². The molecule has 0 N–H and O–H groups in total. The van der Waals surface area contributed by atoms with Gasteiger partial charge in [0.1, 0.15) is 0 Å². The lowest BCUT2D eigenvalue weighted by Gasteiger charge is -2.17. The SMILES string of the molecule is N#Cc1ccc(-c2nc3ccccc3c3c4ccccc4c4ncccc4c23)c2ccccc12. The van der Waals surface area contributed by atoms with Crippen molar-refractivity contribution in [3.05, 3.63) is 109 Å². The van der Waals surface area contributed by atoms with Crippen LogP contribution in [0.3, 0.4) is 0 Å². The molecule has 7 rings (SSSR count). The Balaban J connectivity index is 1.81. The molecule has 2 heterocycles. The van der Waals surface area contributed by atoms with Crippen LogP contribution in [-0.4, -0.2) is 9.97 Å². The molecule has 0 unspecified atom stereocenters. The number of fused-ring (bicyclic) bond motifs is 9. The van der Waals surface area contributed by atoms with Gasteiger partial charge in [-0.15, -0.1) is 0 Å². The Labute approximate surface area is 195 Å². The summed E-state index contributed by atoms with van der Waals surface area (Å²) in [6.07, 6.45) is 1.85. The first-order valence-electron chi connectivity index (χ1n) is 11.3. The van der Waals surface area contributed by atoms with Crippen LogP contribution in [0.5, 0.6) is 0 Å². The Morgan fingerprint density at radius 3 is 2.06 bits per heavy atom. The summed E-state index contributed by atoms with van der Waals surface area (Å²) in [7, 11) is 0. The molecular formula is C31H17N3. The van der Waals surface area contributed by atoms with Crippen LogP contribution in [0.4, 0.5) is 0 Å². The van der Waals surface area contributed by atoms with Crippen molar-refractivity contribution in [3.63, 3.8) is 0 Å². The third-order valence-electron chi connectivity index (χ3n) is 6.72. The summed E-state index contributed by atoms with van der Waals surface area (Å²) >= 11 is 0. The molecule has 2 aromatic heterocycles. The first-order valence-corrected chi connectivity index (χ1v) is 11.3. The van der Waals surface area contributed by atoms with Gasteiger partial charge < -0.3 is 0 Å². The molecule has 3 nitrogen and oxygen atoms in total. The largest absolute Gasteiger partial charge is 0.256 e. The number of pyridine rings is 2. The van der Waals surface area contributed by atoms with E-state index in [0.29, 0.717) is 5.56 Å². The zero-order valence-corrected chi connectivity index (χ0v) is 18.2. The van der Waals surface area contributed by atoms with Gasteiger partial charge in [-0.1, -0.05) is 78.9 Å². The Kier molecular flexibility index (Phi) is 3.91. The fourth-order valence-electron chi connectivity index (χ4n) is 5.28. The van der Waals surface area contributed by atoms with Crippen LogP contribution >= 0.6 is 0 Å². The average Bonchev–Trinajstić information content (AvgIpc) is 2.92. The molecule has 0 radical (unpaired) electrons. The van der Waals surface area contributed by atoms with Gasteiger partial charge in [0.15, 0.2) is 0 Å². The van der Waals surface area contributed by atoms with E-state index in [1.807, 2.05) is 48.7 Å². The minimum Gasteiger partial charge on any atom is -0.256 e. The molecule has 0 saturated heterocycles. The Morgan fingerprint density at radius 2 is 1.24 bits per heavy atom. The van der Waals surface area contributed by atoms with E-state index in [9.17, 15) is 5.26 Å². The van der Waals surface area contributed by atoms with E-state index in [4.69, 9.17) is 9.97 Å². The standard InChI is InChI=1S/C31H17N3/c32-18-19-15-16-24(21-9-2-1-8-20(19)21)31-29-26-13-7-17-33-30(26)23-11-4-3-10-22(23)28(29)25-12-5-6-14-27(25)34-31/h1-17H. The van der Waals surface area contributed by atoms with Gasteiger partial charge in [0.25, 0.3) is 0 Å². The molecule has 7 aromatic rings. The van der Waals surface area contributed by atoms with E-state index in [0.717, 1.165) is 54.6 Å². The number of nitriles is 1. The molecular weight excluding hydrogens is 414 g/mol. The van der Waals surface area contributed by atoms with Gasteiger partial charge in [-0.2, -0.15) is 5.26 Å². The molecule has 0 fully saturated rings. The van der Waals surface area contributed by atoms with Crippen molar-refractivity contribution in [2.45, 2.75) is 0 Å². The number of aromatic nitrogens is 2. The Morgan fingerprint density at radius 1 is 0.559 bits per heavy atom.